The lowest BCUT2D eigenvalue weighted by Crippen LogP contribution is -2.58. The molecule has 1 aromatic carbocycles. The Morgan fingerprint density at radius 1 is 1.22 bits per heavy atom. The van der Waals surface area contributed by atoms with Crippen molar-refractivity contribution in [2.45, 2.75) is 55.8 Å². The Morgan fingerprint density at radius 2 is 1.93 bits per heavy atom. The van der Waals surface area contributed by atoms with Crippen molar-refractivity contribution < 1.29 is 4.79 Å². The van der Waals surface area contributed by atoms with Crippen molar-refractivity contribution in [3.05, 3.63) is 42.5 Å². The number of alkyl halides is 1. The fourth-order valence-corrected chi connectivity index (χ4v) is 7.56. The number of nitrogens with zero attached hydrogens (tertiary/aromatic N) is 3. The Morgan fingerprint density at radius 3 is 2.52 bits per heavy atom. The third kappa shape index (κ3) is 3.02. The molecule has 0 saturated heterocycles. The van der Waals surface area contributed by atoms with E-state index in [-0.39, 0.29) is 21.7 Å². The normalized spacial score (nSPS) is 35.2. The van der Waals surface area contributed by atoms with Gasteiger partial charge in [-0.05, 0) is 75.0 Å². The van der Waals surface area contributed by atoms with Crippen LogP contribution in [0.4, 0.5) is 0 Å². The minimum absolute atomic E-state index is 0.00146. The van der Waals surface area contributed by atoms with Crippen LogP contribution in [0, 0.1) is 17.3 Å². The summed E-state index contributed by atoms with van der Waals surface area (Å²) in [6.45, 7) is 2.08. The minimum atomic E-state index is -0.164. The molecule has 2 aromatic rings. The van der Waals surface area contributed by atoms with Crippen LogP contribution < -0.4 is 5.32 Å². The Hall–Kier alpha value is -1.69. The van der Waals surface area contributed by atoms with Crippen molar-refractivity contribution in [1.82, 2.24) is 20.1 Å². The summed E-state index contributed by atoms with van der Waals surface area (Å²) in [7, 11) is 0. The summed E-state index contributed by atoms with van der Waals surface area (Å²) in [5.41, 5.74) is 1.92. The van der Waals surface area contributed by atoms with E-state index >= 15 is 0 Å². The molecule has 1 aromatic heterocycles. The van der Waals surface area contributed by atoms with E-state index in [2.05, 4.69) is 50.4 Å². The number of halogens is 1. The van der Waals surface area contributed by atoms with Crippen LogP contribution in [-0.2, 0) is 4.79 Å². The van der Waals surface area contributed by atoms with E-state index in [9.17, 15) is 4.79 Å². The largest absolute Gasteiger partial charge is 0.349 e. The number of benzene rings is 1. The topological polar surface area (TPSA) is 59.8 Å². The number of rotatable bonds is 4. The Balaban J connectivity index is 1.31. The third-order valence-electron chi connectivity index (χ3n) is 6.90. The first-order chi connectivity index (χ1) is 12.9. The predicted octanol–water partition coefficient (Wildman–Crippen LogP) is 4.18. The second-order valence-corrected chi connectivity index (χ2v) is 10.7. The summed E-state index contributed by atoms with van der Waals surface area (Å²) < 4.78 is 1.94. The summed E-state index contributed by atoms with van der Waals surface area (Å²) in [4.78, 5) is 17.3. The summed E-state index contributed by atoms with van der Waals surface area (Å²) in [5, 5.41) is 7.48. The fraction of sp³-hybridized carbons (Fsp3) is 0.571. The minimum Gasteiger partial charge on any atom is -0.349 e. The molecule has 4 aliphatic rings. The molecule has 4 bridgehead atoms. The first-order valence-corrected chi connectivity index (χ1v) is 10.7. The zero-order valence-corrected chi connectivity index (χ0v) is 17.2. The molecule has 1 N–H and O–H groups in total. The zero-order valence-electron chi connectivity index (χ0n) is 15.6. The second-order valence-electron chi connectivity index (χ2n) is 9.02. The van der Waals surface area contributed by atoms with Gasteiger partial charge in [-0.2, -0.15) is 5.10 Å². The predicted molar refractivity (Wildman–Crippen MR) is 107 cm³/mol. The first kappa shape index (κ1) is 17.4. The number of hydrogen-bond acceptors (Lipinski definition) is 3. The van der Waals surface area contributed by atoms with Gasteiger partial charge < -0.3 is 5.32 Å². The van der Waals surface area contributed by atoms with E-state index in [1.165, 1.54) is 25.6 Å². The maximum atomic E-state index is 13.3. The van der Waals surface area contributed by atoms with Crippen LogP contribution in [0.25, 0.3) is 5.69 Å². The molecule has 27 heavy (non-hydrogen) atoms. The molecule has 4 saturated carbocycles. The zero-order chi connectivity index (χ0) is 18.6. The van der Waals surface area contributed by atoms with Gasteiger partial charge in [0, 0.05) is 4.32 Å². The molecule has 1 amide bonds. The van der Waals surface area contributed by atoms with Crippen LogP contribution in [-0.4, -0.2) is 25.0 Å². The SMILES string of the molecule is CC(NC(=O)C12CC3CC(CC(Br)(C3)C1)C2)c1ccc(-n2cncn2)cc1. The molecule has 4 aliphatic carbocycles. The highest BCUT2D eigenvalue weighted by molar-refractivity contribution is 9.10. The summed E-state index contributed by atoms with van der Waals surface area (Å²) in [6, 6.07) is 8.17. The lowest BCUT2D eigenvalue weighted by atomic mass is 9.49. The van der Waals surface area contributed by atoms with Crippen LogP contribution in [0.15, 0.2) is 36.9 Å². The van der Waals surface area contributed by atoms with E-state index in [0.29, 0.717) is 11.8 Å². The molecule has 1 heterocycles. The maximum Gasteiger partial charge on any atom is 0.226 e. The summed E-state index contributed by atoms with van der Waals surface area (Å²) >= 11 is 4.01. The fourth-order valence-electron chi connectivity index (χ4n) is 6.11. The molecule has 4 fully saturated rings. The second kappa shape index (κ2) is 6.16. The van der Waals surface area contributed by atoms with E-state index in [1.807, 2.05) is 12.1 Å². The average molecular weight is 429 g/mol. The Labute approximate surface area is 168 Å². The maximum absolute atomic E-state index is 13.3. The molecule has 142 valence electrons. The Kier molecular flexibility index (Phi) is 3.97. The van der Waals surface area contributed by atoms with Crippen molar-refractivity contribution in [2.75, 3.05) is 0 Å². The number of carbonyl (C=O) groups is 1. The lowest BCUT2D eigenvalue weighted by molar-refractivity contribution is -0.144. The number of aromatic nitrogens is 3. The van der Waals surface area contributed by atoms with Crippen molar-refractivity contribution in [3.8, 4) is 5.69 Å². The highest BCUT2D eigenvalue weighted by atomic mass is 79.9. The van der Waals surface area contributed by atoms with Crippen molar-refractivity contribution in [1.29, 1.82) is 0 Å². The van der Waals surface area contributed by atoms with Crippen LogP contribution in [0.1, 0.15) is 57.1 Å². The van der Waals surface area contributed by atoms with Gasteiger partial charge in [0.25, 0.3) is 0 Å². The van der Waals surface area contributed by atoms with Gasteiger partial charge in [0.2, 0.25) is 5.91 Å². The van der Waals surface area contributed by atoms with Crippen LogP contribution >= 0.6 is 15.9 Å². The van der Waals surface area contributed by atoms with Crippen LogP contribution in [0.5, 0.6) is 0 Å². The van der Waals surface area contributed by atoms with E-state index in [0.717, 1.165) is 30.5 Å². The van der Waals surface area contributed by atoms with E-state index < -0.39 is 0 Å². The standard InChI is InChI=1S/C21H25BrN4O/c1-14(17-2-4-18(5-3-17)26-13-23-12-24-26)25-19(27)20-7-15-6-16(8-20)10-21(22,9-15)11-20/h2-5,12-16H,6-11H2,1H3,(H,25,27). The highest BCUT2D eigenvalue weighted by Crippen LogP contribution is 2.64. The highest BCUT2D eigenvalue weighted by Gasteiger charge is 2.59. The van der Waals surface area contributed by atoms with Crippen LogP contribution in [0.2, 0.25) is 0 Å². The number of amides is 1. The summed E-state index contributed by atoms with van der Waals surface area (Å²) in [5.74, 6) is 1.69. The average Bonchev–Trinajstić information content (AvgIpc) is 3.14. The van der Waals surface area contributed by atoms with E-state index in [4.69, 9.17) is 0 Å². The molecular weight excluding hydrogens is 404 g/mol. The van der Waals surface area contributed by atoms with E-state index in [1.54, 1.807) is 11.0 Å². The van der Waals surface area contributed by atoms with Gasteiger partial charge in [-0.3, -0.25) is 4.79 Å². The van der Waals surface area contributed by atoms with Gasteiger partial charge >= 0.3 is 0 Å². The van der Waals surface area contributed by atoms with Gasteiger partial charge in [0.15, 0.2) is 0 Å². The molecule has 0 radical (unpaired) electrons. The molecule has 6 heteroatoms. The molecule has 0 spiro atoms. The lowest BCUT2D eigenvalue weighted by Gasteiger charge is -2.59. The molecule has 3 unspecified atom stereocenters. The van der Waals surface area contributed by atoms with Crippen LogP contribution in [0.3, 0.4) is 0 Å². The third-order valence-corrected chi connectivity index (χ3v) is 7.82. The van der Waals surface area contributed by atoms with Crippen molar-refractivity contribution in [3.63, 3.8) is 0 Å². The number of nitrogens with one attached hydrogen (secondary N) is 1. The van der Waals surface area contributed by atoms with Gasteiger partial charge in [-0.1, -0.05) is 28.1 Å². The molecule has 3 atom stereocenters. The first-order valence-electron chi connectivity index (χ1n) is 9.90. The monoisotopic (exact) mass is 428 g/mol. The molecule has 5 nitrogen and oxygen atoms in total. The van der Waals surface area contributed by atoms with Crippen molar-refractivity contribution in [2.24, 2.45) is 17.3 Å². The quantitative estimate of drug-likeness (QED) is 0.742. The van der Waals surface area contributed by atoms with Gasteiger partial charge in [0.05, 0.1) is 17.1 Å². The number of carbonyl (C=O) groups excluding carboxylic acids is 1. The molecule has 0 aliphatic heterocycles. The smallest absolute Gasteiger partial charge is 0.226 e. The molecule has 6 rings (SSSR count). The Bertz CT molecular complexity index is 834. The van der Waals surface area contributed by atoms with Crippen molar-refractivity contribution >= 4 is 21.8 Å². The van der Waals surface area contributed by atoms with Gasteiger partial charge in [-0.15, -0.1) is 0 Å². The molecular formula is C21H25BrN4O. The number of hydrogen-bond donors (Lipinski definition) is 1. The summed E-state index contributed by atoms with van der Waals surface area (Å²) in [6.07, 6.45) is 10.2. The van der Waals surface area contributed by atoms with Gasteiger partial charge in [-0.25, -0.2) is 9.67 Å². The van der Waals surface area contributed by atoms with Gasteiger partial charge in [0.1, 0.15) is 12.7 Å².